The fourth-order valence-corrected chi connectivity index (χ4v) is 9.09. The second-order valence-electron chi connectivity index (χ2n) is 17.7. The highest BCUT2D eigenvalue weighted by molar-refractivity contribution is 6.10. The van der Waals surface area contributed by atoms with Crippen molar-refractivity contribution in [1.82, 2.24) is 24.3 Å². The summed E-state index contributed by atoms with van der Waals surface area (Å²) in [6.07, 6.45) is 1.96. The Labute approximate surface area is 339 Å². The molecule has 4 aromatic heterocycles. The van der Waals surface area contributed by atoms with E-state index >= 15 is 0 Å². The van der Waals surface area contributed by atoms with Crippen molar-refractivity contribution in [3.8, 4) is 11.6 Å². The summed E-state index contributed by atoms with van der Waals surface area (Å²) in [5.74, 6) is 1.80. The van der Waals surface area contributed by atoms with Crippen LogP contribution in [0.1, 0.15) is 75.1 Å². The van der Waals surface area contributed by atoms with Crippen molar-refractivity contribution < 1.29 is 0 Å². The lowest BCUT2D eigenvalue weighted by Gasteiger charge is -2.37. The van der Waals surface area contributed by atoms with Crippen LogP contribution in [0.2, 0.25) is 0 Å². The van der Waals surface area contributed by atoms with Gasteiger partial charge in [0.25, 0.3) is 0 Å². The molecular weight excluding hydrogens is 707 g/mol. The molecule has 5 heteroatoms. The normalized spacial score (nSPS) is 12.7. The van der Waals surface area contributed by atoms with E-state index in [4.69, 9.17) is 10.1 Å². The SMILES string of the molecule is CC(C)(C)c1ccnc(-n2c3ccccc3c3ccc(C(c4ccccc4)(c4ccccc4)c4ccc5c6ccccc6n(-c6cc(C(C)(C)C)[nH]n6)c5c4)cc32)c1. The van der Waals surface area contributed by atoms with Gasteiger partial charge >= 0.3 is 0 Å². The van der Waals surface area contributed by atoms with Gasteiger partial charge in [-0.05, 0) is 69.6 Å². The molecule has 0 atom stereocenters. The first-order chi connectivity index (χ1) is 28.0. The number of aromatic nitrogens is 5. The second-order valence-corrected chi connectivity index (χ2v) is 17.7. The van der Waals surface area contributed by atoms with E-state index < -0.39 is 5.41 Å². The van der Waals surface area contributed by atoms with Crippen LogP contribution in [0.25, 0.3) is 55.2 Å². The van der Waals surface area contributed by atoms with Crippen LogP contribution in [0, 0.1) is 0 Å². The second kappa shape index (κ2) is 13.2. The van der Waals surface area contributed by atoms with E-state index in [9.17, 15) is 0 Å². The number of aromatic amines is 1. The van der Waals surface area contributed by atoms with Crippen molar-refractivity contribution in [3.63, 3.8) is 0 Å². The molecule has 10 rings (SSSR count). The van der Waals surface area contributed by atoms with Gasteiger partial charge in [-0.25, -0.2) is 4.98 Å². The molecule has 0 amide bonds. The van der Waals surface area contributed by atoms with Gasteiger partial charge in [0.2, 0.25) is 0 Å². The molecule has 0 saturated carbocycles. The topological polar surface area (TPSA) is 51.4 Å². The van der Waals surface area contributed by atoms with Gasteiger partial charge in [-0.2, -0.15) is 5.10 Å². The van der Waals surface area contributed by atoms with E-state index in [2.05, 4.69) is 220 Å². The Bertz CT molecular complexity index is 3090. The van der Waals surface area contributed by atoms with Gasteiger partial charge in [-0.1, -0.05) is 163 Å². The fraction of sp³-hybridized carbons (Fsp3) is 0.170. The Morgan fingerprint density at radius 3 is 1.38 bits per heavy atom. The highest BCUT2D eigenvalue weighted by Crippen LogP contribution is 2.48. The third-order valence-corrected chi connectivity index (χ3v) is 12.1. The van der Waals surface area contributed by atoms with Crippen molar-refractivity contribution in [2.75, 3.05) is 0 Å². The average molecular weight is 754 g/mol. The number of rotatable bonds is 6. The van der Waals surface area contributed by atoms with Crippen molar-refractivity contribution >= 4 is 43.6 Å². The van der Waals surface area contributed by atoms with Gasteiger partial charge in [0.1, 0.15) is 5.82 Å². The van der Waals surface area contributed by atoms with E-state index in [0.717, 1.165) is 39.4 Å². The van der Waals surface area contributed by atoms with Gasteiger partial charge in [-0.3, -0.25) is 14.2 Å². The minimum absolute atomic E-state index is 0.0251. The average Bonchev–Trinajstić information content (AvgIpc) is 3.95. The molecule has 10 aromatic rings. The molecule has 0 aliphatic carbocycles. The van der Waals surface area contributed by atoms with Crippen LogP contribution < -0.4 is 0 Å². The molecule has 58 heavy (non-hydrogen) atoms. The lowest BCUT2D eigenvalue weighted by atomic mass is 9.65. The van der Waals surface area contributed by atoms with E-state index in [1.54, 1.807) is 0 Å². The highest BCUT2D eigenvalue weighted by atomic mass is 15.2. The predicted octanol–water partition coefficient (Wildman–Crippen LogP) is 13.0. The van der Waals surface area contributed by atoms with E-state index in [1.165, 1.54) is 49.4 Å². The van der Waals surface area contributed by atoms with Crippen LogP contribution in [-0.4, -0.2) is 24.3 Å². The van der Waals surface area contributed by atoms with Crippen LogP contribution in [0.5, 0.6) is 0 Å². The number of nitrogens with one attached hydrogen (secondary N) is 1. The minimum Gasteiger partial charge on any atom is -0.294 e. The lowest BCUT2D eigenvalue weighted by Crippen LogP contribution is -2.31. The summed E-state index contributed by atoms with van der Waals surface area (Å²) >= 11 is 0. The Hall–Kier alpha value is -6.72. The smallest absolute Gasteiger partial charge is 0.159 e. The summed E-state index contributed by atoms with van der Waals surface area (Å²) in [6, 6.07) is 60.2. The van der Waals surface area contributed by atoms with E-state index in [1.807, 2.05) is 6.20 Å². The van der Waals surface area contributed by atoms with Crippen LogP contribution in [0.15, 0.2) is 170 Å². The maximum absolute atomic E-state index is 5.02. The van der Waals surface area contributed by atoms with Crippen LogP contribution in [-0.2, 0) is 16.2 Å². The molecule has 0 bridgehead atoms. The summed E-state index contributed by atoms with van der Waals surface area (Å²) in [5.41, 5.74) is 10.8. The number of benzene rings is 6. The molecule has 0 fully saturated rings. The Morgan fingerprint density at radius 1 is 0.397 bits per heavy atom. The number of pyridine rings is 1. The number of hydrogen-bond acceptors (Lipinski definition) is 2. The molecule has 0 aliphatic heterocycles. The molecule has 5 nitrogen and oxygen atoms in total. The zero-order chi connectivity index (χ0) is 39.8. The third kappa shape index (κ3) is 5.52. The summed E-state index contributed by atoms with van der Waals surface area (Å²) in [7, 11) is 0. The molecule has 284 valence electrons. The third-order valence-electron chi connectivity index (χ3n) is 12.1. The van der Waals surface area contributed by atoms with Gasteiger partial charge in [0.15, 0.2) is 5.82 Å². The summed E-state index contributed by atoms with van der Waals surface area (Å²) in [5, 5.41) is 13.1. The molecule has 0 spiro atoms. The Morgan fingerprint density at radius 2 is 0.879 bits per heavy atom. The predicted molar refractivity (Wildman–Crippen MR) is 241 cm³/mol. The first kappa shape index (κ1) is 35.7. The lowest BCUT2D eigenvalue weighted by molar-refractivity contribution is 0.567. The van der Waals surface area contributed by atoms with Crippen LogP contribution in [0.4, 0.5) is 0 Å². The highest BCUT2D eigenvalue weighted by Gasteiger charge is 2.39. The van der Waals surface area contributed by atoms with Gasteiger partial charge in [0.05, 0.1) is 27.5 Å². The Kier molecular flexibility index (Phi) is 8.10. The molecule has 4 heterocycles. The fourth-order valence-electron chi connectivity index (χ4n) is 9.09. The summed E-state index contributed by atoms with van der Waals surface area (Å²) in [6.45, 7) is 13.4. The quantitative estimate of drug-likeness (QED) is 0.172. The molecule has 6 aromatic carbocycles. The van der Waals surface area contributed by atoms with Crippen molar-refractivity contribution in [1.29, 1.82) is 0 Å². The number of para-hydroxylation sites is 2. The van der Waals surface area contributed by atoms with Gasteiger partial charge in [-0.15, -0.1) is 0 Å². The van der Waals surface area contributed by atoms with Crippen LogP contribution in [0.3, 0.4) is 0 Å². The zero-order valence-electron chi connectivity index (χ0n) is 34.0. The van der Waals surface area contributed by atoms with Crippen molar-refractivity contribution in [3.05, 3.63) is 203 Å². The number of nitrogens with zero attached hydrogens (tertiary/aromatic N) is 4. The largest absolute Gasteiger partial charge is 0.294 e. The van der Waals surface area contributed by atoms with E-state index in [-0.39, 0.29) is 10.8 Å². The first-order valence-electron chi connectivity index (χ1n) is 20.2. The maximum Gasteiger partial charge on any atom is 0.159 e. The molecule has 0 aliphatic rings. The summed E-state index contributed by atoms with van der Waals surface area (Å²) in [4.78, 5) is 5.02. The molecule has 0 saturated heterocycles. The molecule has 1 N–H and O–H groups in total. The minimum atomic E-state index is -0.698. The Balaban J connectivity index is 1.32. The van der Waals surface area contributed by atoms with E-state index in [0.29, 0.717) is 0 Å². The number of fused-ring (bicyclic) bond motifs is 6. The molecular formula is C53H47N5. The number of H-pyrrole nitrogens is 1. The van der Waals surface area contributed by atoms with Crippen LogP contribution >= 0.6 is 0 Å². The zero-order valence-corrected chi connectivity index (χ0v) is 34.0. The van der Waals surface area contributed by atoms with Crippen molar-refractivity contribution in [2.24, 2.45) is 0 Å². The first-order valence-corrected chi connectivity index (χ1v) is 20.2. The summed E-state index contributed by atoms with van der Waals surface area (Å²) < 4.78 is 4.69. The van der Waals surface area contributed by atoms with Gasteiger partial charge in [0, 0.05) is 44.9 Å². The monoisotopic (exact) mass is 753 g/mol. The maximum atomic E-state index is 5.02. The molecule has 0 radical (unpaired) electrons. The molecule has 0 unspecified atom stereocenters. The number of hydrogen-bond donors (Lipinski definition) is 1. The van der Waals surface area contributed by atoms with Crippen molar-refractivity contribution in [2.45, 2.75) is 57.8 Å². The van der Waals surface area contributed by atoms with Gasteiger partial charge < -0.3 is 0 Å². The standard InChI is InChI=1S/C53H47N5/c1-51(2,3)37-29-30-54-49(33-37)57-44-23-15-13-21-40(44)42-27-25-38(31-46(42)57)53(35-17-9-7-10-18-35,36-19-11-8-12-20-36)39-26-28-43-41-22-14-16-24-45(41)58(47(43)32-39)50-34-48(55-56-50)52(4,5)6/h7-34H,1-6H3,(H,55,56).